The Morgan fingerprint density at radius 3 is 2.72 bits per heavy atom. The molecule has 0 radical (unpaired) electrons. The minimum absolute atomic E-state index is 0.252. The van der Waals surface area contributed by atoms with Crippen molar-refractivity contribution >= 4 is 5.91 Å². The second-order valence-corrected chi connectivity index (χ2v) is 5.63. The summed E-state index contributed by atoms with van der Waals surface area (Å²) in [6, 6.07) is 0. The number of carbonyl (C=O) groups excluding carboxylic acids is 1. The van der Waals surface area contributed by atoms with E-state index in [1.165, 1.54) is 19.3 Å². The van der Waals surface area contributed by atoms with Gasteiger partial charge in [0.2, 0.25) is 5.91 Å². The third kappa shape index (κ3) is 4.94. The SMILES string of the molecule is O=C(CCC1CCC1)NCCCN1CCNCC1. The molecule has 2 fully saturated rings. The van der Waals surface area contributed by atoms with Gasteiger partial charge in [-0.2, -0.15) is 0 Å². The van der Waals surface area contributed by atoms with Gasteiger partial charge < -0.3 is 15.5 Å². The lowest BCUT2D eigenvalue weighted by molar-refractivity contribution is -0.121. The second kappa shape index (κ2) is 7.74. The maximum absolute atomic E-state index is 11.6. The van der Waals surface area contributed by atoms with Crippen molar-refractivity contribution in [1.29, 1.82) is 0 Å². The van der Waals surface area contributed by atoms with E-state index in [9.17, 15) is 4.79 Å². The highest BCUT2D eigenvalue weighted by Gasteiger charge is 2.18. The van der Waals surface area contributed by atoms with Crippen LogP contribution in [0.3, 0.4) is 0 Å². The highest BCUT2D eigenvalue weighted by atomic mass is 16.1. The fourth-order valence-electron chi connectivity index (χ4n) is 2.67. The molecule has 1 aliphatic heterocycles. The lowest BCUT2D eigenvalue weighted by Gasteiger charge is -2.27. The molecule has 2 rings (SSSR count). The predicted octanol–water partition coefficient (Wildman–Crippen LogP) is 0.978. The Balaban J connectivity index is 1.42. The van der Waals surface area contributed by atoms with Gasteiger partial charge in [0.15, 0.2) is 0 Å². The third-order valence-electron chi connectivity index (χ3n) is 4.19. The van der Waals surface area contributed by atoms with Gasteiger partial charge in [-0.05, 0) is 25.3 Å². The quantitative estimate of drug-likeness (QED) is 0.665. The zero-order valence-electron chi connectivity index (χ0n) is 11.4. The molecule has 4 heteroatoms. The lowest BCUT2D eigenvalue weighted by Crippen LogP contribution is -2.44. The van der Waals surface area contributed by atoms with Crippen LogP contribution in [0, 0.1) is 5.92 Å². The first-order chi connectivity index (χ1) is 8.84. The van der Waals surface area contributed by atoms with E-state index < -0.39 is 0 Å². The Morgan fingerprint density at radius 2 is 2.06 bits per heavy atom. The van der Waals surface area contributed by atoms with Crippen molar-refractivity contribution in [3.63, 3.8) is 0 Å². The average Bonchev–Trinajstić information content (AvgIpc) is 2.34. The van der Waals surface area contributed by atoms with E-state index in [0.717, 1.165) is 64.4 Å². The van der Waals surface area contributed by atoms with Crippen LogP contribution in [-0.2, 0) is 4.79 Å². The van der Waals surface area contributed by atoms with Crippen LogP contribution in [0.5, 0.6) is 0 Å². The van der Waals surface area contributed by atoms with E-state index in [2.05, 4.69) is 15.5 Å². The van der Waals surface area contributed by atoms with Crippen molar-refractivity contribution < 1.29 is 4.79 Å². The summed E-state index contributed by atoms with van der Waals surface area (Å²) in [6.45, 7) is 6.46. The molecule has 1 saturated heterocycles. The van der Waals surface area contributed by atoms with Crippen molar-refractivity contribution in [2.75, 3.05) is 39.3 Å². The number of nitrogens with one attached hydrogen (secondary N) is 2. The molecule has 1 aliphatic carbocycles. The number of piperazine rings is 1. The van der Waals surface area contributed by atoms with Crippen LogP contribution in [0.2, 0.25) is 0 Å². The van der Waals surface area contributed by atoms with E-state index in [1.807, 2.05) is 0 Å². The van der Waals surface area contributed by atoms with Crippen molar-refractivity contribution in [2.24, 2.45) is 5.92 Å². The Morgan fingerprint density at radius 1 is 1.28 bits per heavy atom. The maximum atomic E-state index is 11.6. The first-order valence-electron chi connectivity index (χ1n) is 7.54. The minimum Gasteiger partial charge on any atom is -0.356 e. The highest BCUT2D eigenvalue weighted by Crippen LogP contribution is 2.30. The molecule has 18 heavy (non-hydrogen) atoms. The van der Waals surface area contributed by atoms with Gasteiger partial charge >= 0.3 is 0 Å². The molecule has 4 nitrogen and oxygen atoms in total. The molecule has 0 aromatic carbocycles. The summed E-state index contributed by atoms with van der Waals surface area (Å²) in [4.78, 5) is 14.1. The highest BCUT2D eigenvalue weighted by molar-refractivity contribution is 5.75. The molecule has 0 atom stereocenters. The number of rotatable bonds is 7. The minimum atomic E-state index is 0.252. The van der Waals surface area contributed by atoms with Gasteiger partial charge in [-0.3, -0.25) is 4.79 Å². The van der Waals surface area contributed by atoms with Crippen LogP contribution in [0.25, 0.3) is 0 Å². The third-order valence-corrected chi connectivity index (χ3v) is 4.19. The molecule has 1 heterocycles. The Bertz CT molecular complexity index is 247. The molecule has 1 saturated carbocycles. The number of carbonyl (C=O) groups is 1. The van der Waals surface area contributed by atoms with E-state index in [0.29, 0.717) is 0 Å². The van der Waals surface area contributed by atoms with E-state index >= 15 is 0 Å². The Labute approximate surface area is 110 Å². The van der Waals surface area contributed by atoms with Gasteiger partial charge in [0.05, 0.1) is 0 Å². The number of hydrogen-bond acceptors (Lipinski definition) is 3. The monoisotopic (exact) mass is 253 g/mol. The first kappa shape index (κ1) is 13.8. The average molecular weight is 253 g/mol. The second-order valence-electron chi connectivity index (χ2n) is 5.63. The van der Waals surface area contributed by atoms with Gasteiger partial charge in [0, 0.05) is 39.1 Å². The molecule has 0 spiro atoms. The van der Waals surface area contributed by atoms with Crippen LogP contribution in [-0.4, -0.2) is 50.1 Å². The summed E-state index contributed by atoms with van der Waals surface area (Å²) in [7, 11) is 0. The zero-order valence-corrected chi connectivity index (χ0v) is 11.4. The molecule has 0 unspecified atom stereocenters. The Hall–Kier alpha value is -0.610. The summed E-state index contributed by atoms with van der Waals surface area (Å²) >= 11 is 0. The smallest absolute Gasteiger partial charge is 0.220 e. The van der Waals surface area contributed by atoms with E-state index in [4.69, 9.17) is 0 Å². The molecule has 0 aromatic rings. The fourth-order valence-corrected chi connectivity index (χ4v) is 2.67. The maximum Gasteiger partial charge on any atom is 0.220 e. The number of nitrogens with zero attached hydrogens (tertiary/aromatic N) is 1. The Kier molecular flexibility index (Phi) is 5.94. The largest absolute Gasteiger partial charge is 0.356 e. The van der Waals surface area contributed by atoms with Crippen molar-refractivity contribution in [3.8, 4) is 0 Å². The molecule has 0 bridgehead atoms. The molecule has 2 N–H and O–H groups in total. The molecule has 0 aromatic heterocycles. The van der Waals surface area contributed by atoms with Gasteiger partial charge in [0.1, 0.15) is 0 Å². The summed E-state index contributed by atoms with van der Waals surface area (Å²) in [5.74, 6) is 1.10. The van der Waals surface area contributed by atoms with Gasteiger partial charge in [-0.25, -0.2) is 0 Å². The summed E-state index contributed by atoms with van der Waals surface area (Å²) in [5, 5.41) is 6.39. The molecule has 2 aliphatic rings. The zero-order chi connectivity index (χ0) is 12.6. The number of hydrogen-bond donors (Lipinski definition) is 2. The summed E-state index contributed by atoms with van der Waals surface area (Å²) in [6.07, 6.45) is 6.97. The molecule has 1 amide bonds. The fraction of sp³-hybridized carbons (Fsp3) is 0.929. The van der Waals surface area contributed by atoms with Crippen molar-refractivity contribution in [3.05, 3.63) is 0 Å². The van der Waals surface area contributed by atoms with E-state index in [1.54, 1.807) is 0 Å². The van der Waals surface area contributed by atoms with Gasteiger partial charge in [-0.15, -0.1) is 0 Å². The predicted molar refractivity (Wildman–Crippen MR) is 73.5 cm³/mol. The normalized spacial score (nSPS) is 21.6. The van der Waals surface area contributed by atoms with Gasteiger partial charge in [-0.1, -0.05) is 19.3 Å². The lowest BCUT2D eigenvalue weighted by atomic mass is 9.82. The first-order valence-corrected chi connectivity index (χ1v) is 7.54. The number of amides is 1. The van der Waals surface area contributed by atoms with Crippen molar-refractivity contribution in [1.82, 2.24) is 15.5 Å². The van der Waals surface area contributed by atoms with Crippen LogP contribution in [0.15, 0.2) is 0 Å². The molecule has 104 valence electrons. The van der Waals surface area contributed by atoms with Crippen LogP contribution in [0.1, 0.15) is 38.5 Å². The molecular formula is C14H27N3O. The van der Waals surface area contributed by atoms with Gasteiger partial charge in [0.25, 0.3) is 0 Å². The van der Waals surface area contributed by atoms with Crippen molar-refractivity contribution in [2.45, 2.75) is 38.5 Å². The summed E-state index contributed by atoms with van der Waals surface area (Å²) < 4.78 is 0. The van der Waals surface area contributed by atoms with Crippen LogP contribution < -0.4 is 10.6 Å². The topological polar surface area (TPSA) is 44.4 Å². The summed E-state index contributed by atoms with van der Waals surface area (Å²) in [5.41, 5.74) is 0. The van der Waals surface area contributed by atoms with E-state index in [-0.39, 0.29) is 5.91 Å². The van der Waals surface area contributed by atoms with Crippen LogP contribution >= 0.6 is 0 Å². The van der Waals surface area contributed by atoms with Crippen LogP contribution in [0.4, 0.5) is 0 Å². The molecular weight excluding hydrogens is 226 g/mol. The standard InChI is InChI=1S/C14H27N3O/c18-14(6-5-13-3-1-4-13)16-7-2-10-17-11-8-15-9-12-17/h13,15H,1-12H2,(H,16,18).